The Labute approximate surface area is 189 Å². The van der Waals surface area contributed by atoms with Crippen molar-refractivity contribution in [3.05, 3.63) is 63.9 Å². The molecule has 0 N–H and O–H groups in total. The normalized spacial score (nSPS) is 15.5. The van der Waals surface area contributed by atoms with E-state index in [0.717, 1.165) is 23.3 Å². The Hall–Kier alpha value is -2.60. The highest BCUT2D eigenvalue weighted by atomic mass is 32.1. The third kappa shape index (κ3) is 5.37. The number of ether oxygens (including phenoxy) is 1. The molecule has 2 amide bonds. The highest BCUT2D eigenvalue weighted by molar-refractivity contribution is 7.10. The van der Waals surface area contributed by atoms with Crippen molar-refractivity contribution < 1.29 is 14.3 Å². The van der Waals surface area contributed by atoms with Gasteiger partial charge >= 0.3 is 0 Å². The maximum atomic E-state index is 13.3. The van der Waals surface area contributed by atoms with E-state index in [1.807, 2.05) is 37.8 Å². The van der Waals surface area contributed by atoms with Crippen LogP contribution >= 0.6 is 11.3 Å². The molecule has 0 fully saturated rings. The maximum Gasteiger partial charge on any atom is 0.242 e. The van der Waals surface area contributed by atoms with Crippen LogP contribution in [0, 0.1) is 19.8 Å². The second-order valence-corrected chi connectivity index (χ2v) is 9.39. The van der Waals surface area contributed by atoms with Crippen molar-refractivity contribution in [1.29, 1.82) is 0 Å². The number of fused-ring (bicyclic) bond motifs is 1. The van der Waals surface area contributed by atoms with E-state index in [1.165, 1.54) is 10.4 Å². The van der Waals surface area contributed by atoms with Crippen LogP contribution in [0.1, 0.15) is 41.5 Å². The number of aryl methyl sites for hydroxylation is 2. The summed E-state index contributed by atoms with van der Waals surface area (Å²) >= 11 is 1.73. The van der Waals surface area contributed by atoms with Gasteiger partial charge in [-0.2, -0.15) is 0 Å². The summed E-state index contributed by atoms with van der Waals surface area (Å²) in [5, 5.41) is 2.08. The molecule has 1 atom stereocenters. The molecular weight excluding hydrogens is 408 g/mol. The number of amides is 2. The Morgan fingerprint density at radius 3 is 2.77 bits per heavy atom. The summed E-state index contributed by atoms with van der Waals surface area (Å²) in [5.41, 5.74) is 3.43. The molecule has 2 heterocycles. The predicted molar refractivity (Wildman–Crippen MR) is 126 cm³/mol. The Morgan fingerprint density at radius 2 is 2.10 bits per heavy atom. The van der Waals surface area contributed by atoms with Crippen molar-refractivity contribution in [2.45, 2.75) is 40.2 Å². The molecule has 1 aromatic carbocycles. The lowest BCUT2D eigenvalue weighted by Crippen LogP contribution is -2.48. The topological polar surface area (TPSA) is 49.9 Å². The first kappa shape index (κ1) is 23.1. The molecule has 5 nitrogen and oxygen atoms in total. The SMILES string of the molecule is C=CCN(CC(=O)N1CCc2sccc2C1COc1ccc(C)cc1C)C(=O)C(C)C. The molecule has 6 heteroatoms. The van der Waals surface area contributed by atoms with Crippen LogP contribution in [0.4, 0.5) is 0 Å². The zero-order valence-electron chi connectivity index (χ0n) is 18.9. The minimum absolute atomic E-state index is 0.0374. The molecule has 0 spiro atoms. The van der Waals surface area contributed by atoms with Gasteiger partial charge in [0.2, 0.25) is 11.8 Å². The van der Waals surface area contributed by atoms with Gasteiger partial charge in [-0.3, -0.25) is 9.59 Å². The van der Waals surface area contributed by atoms with Gasteiger partial charge in [0.15, 0.2) is 0 Å². The molecule has 0 radical (unpaired) electrons. The largest absolute Gasteiger partial charge is 0.491 e. The first-order chi connectivity index (χ1) is 14.8. The standard InChI is InChI=1S/C25H32N2O3S/c1-6-11-26(25(29)17(2)3)15-24(28)27-12-9-23-20(10-13-31-23)21(27)16-30-22-8-7-18(4)14-19(22)5/h6-8,10,13-14,17,21H,1,9,11-12,15-16H2,2-5H3. The van der Waals surface area contributed by atoms with E-state index in [0.29, 0.717) is 19.7 Å². The number of thiophene rings is 1. The van der Waals surface area contributed by atoms with Crippen molar-refractivity contribution >= 4 is 23.2 Å². The van der Waals surface area contributed by atoms with Crippen LogP contribution in [0.15, 0.2) is 42.3 Å². The quantitative estimate of drug-likeness (QED) is 0.566. The van der Waals surface area contributed by atoms with Crippen molar-refractivity contribution in [2.75, 3.05) is 26.2 Å². The van der Waals surface area contributed by atoms with E-state index >= 15 is 0 Å². The van der Waals surface area contributed by atoms with Crippen molar-refractivity contribution in [2.24, 2.45) is 5.92 Å². The maximum absolute atomic E-state index is 13.3. The van der Waals surface area contributed by atoms with Gasteiger partial charge in [0, 0.05) is 23.9 Å². The van der Waals surface area contributed by atoms with Gasteiger partial charge in [-0.1, -0.05) is 37.6 Å². The molecule has 0 saturated carbocycles. The molecule has 3 rings (SSSR count). The van der Waals surface area contributed by atoms with Crippen LogP contribution in [0.5, 0.6) is 5.75 Å². The van der Waals surface area contributed by atoms with E-state index in [9.17, 15) is 9.59 Å². The Bertz CT molecular complexity index is 950. The molecule has 31 heavy (non-hydrogen) atoms. The smallest absolute Gasteiger partial charge is 0.242 e. The fourth-order valence-corrected chi connectivity index (χ4v) is 4.94. The second-order valence-electron chi connectivity index (χ2n) is 8.39. The van der Waals surface area contributed by atoms with Crippen LogP contribution in [-0.2, 0) is 16.0 Å². The van der Waals surface area contributed by atoms with E-state index in [-0.39, 0.29) is 30.3 Å². The number of hydrogen-bond donors (Lipinski definition) is 0. The van der Waals surface area contributed by atoms with Gasteiger partial charge in [-0.15, -0.1) is 17.9 Å². The van der Waals surface area contributed by atoms with Gasteiger partial charge in [0.1, 0.15) is 18.9 Å². The molecule has 0 bridgehead atoms. The van der Waals surface area contributed by atoms with E-state index in [1.54, 1.807) is 22.3 Å². The number of carbonyl (C=O) groups excluding carboxylic acids is 2. The molecule has 0 saturated heterocycles. The van der Waals surface area contributed by atoms with Gasteiger partial charge < -0.3 is 14.5 Å². The van der Waals surface area contributed by atoms with Crippen molar-refractivity contribution in [3.8, 4) is 5.75 Å². The summed E-state index contributed by atoms with van der Waals surface area (Å²) in [6, 6.07) is 8.05. The van der Waals surface area contributed by atoms with Gasteiger partial charge in [-0.05, 0) is 48.9 Å². The van der Waals surface area contributed by atoms with Crippen molar-refractivity contribution in [3.63, 3.8) is 0 Å². The predicted octanol–water partition coefficient (Wildman–Crippen LogP) is 4.54. The number of carbonyl (C=O) groups is 2. The van der Waals surface area contributed by atoms with E-state index in [2.05, 4.69) is 31.0 Å². The van der Waals surface area contributed by atoms with Crippen LogP contribution in [0.2, 0.25) is 0 Å². The fraction of sp³-hybridized carbons (Fsp3) is 0.440. The molecule has 2 aromatic rings. The van der Waals surface area contributed by atoms with E-state index in [4.69, 9.17) is 4.74 Å². The summed E-state index contributed by atoms with van der Waals surface area (Å²) in [6.07, 6.45) is 2.50. The number of rotatable bonds is 8. The second kappa shape index (κ2) is 10.1. The molecule has 1 aliphatic heterocycles. The first-order valence-corrected chi connectivity index (χ1v) is 11.6. The summed E-state index contributed by atoms with van der Waals surface area (Å²) in [4.78, 5) is 30.6. The summed E-state index contributed by atoms with van der Waals surface area (Å²) < 4.78 is 6.19. The number of hydrogen-bond acceptors (Lipinski definition) is 4. The van der Waals surface area contributed by atoms with Crippen LogP contribution in [0.25, 0.3) is 0 Å². The molecule has 166 valence electrons. The summed E-state index contributed by atoms with van der Waals surface area (Å²) in [6.45, 7) is 13.0. The summed E-state index contributed by atoms with van der Waals surface area (Å²) in [5.74, 6) is 0.580. The van der Waals surface area contributed by atoms with E-state index < -0.39 is 0 Å². The molecular formula is C25H32N2O3S. The highest BCUT2D eigenvalue weighted by Crippen LogP contribution is 2.34. The zero-order valence-corrected chi connectivity index (χ0v) is 19.7. The lowest BCUT2D eigenvalue weighted by atomic mass is 10.00. The molecule has 1 unspecified atom stereocenters. The Morgan fingerprint density at radius 1 is 1.32 bits per heavy atom. The number of benzene rings is 1. The third-order valence-corrected chi connectivity index (χ3v) is 6.62. The van der Waals surface area contributed by atoms with Crippen LogP contribution in [0.3, 0.4) is 0 Å². The third-order valence-electron chi connectivity index (χ3n) is 5.62. The zero-order chi connectivity index (χ0) is 22.5. The number of nitrogens with zero attached hydrogens (tertiary/aromatic N) is 2. The molecule has 1 aliphatic rings. The minimum Gasteiger partial charge on any atom is -0.491 e. The summed E-state index contributed by atoms with van der Waals surface area (Å²) in [7, 11) is 0. The lowest BCUT2D eigenvalue weighted by Gasteiger charge is -2.37. The van der Waals surface area contributed by atoms with Crippen LogP contribution < -0.4 is 4.74 Å². The van der Waals surface area contributed by atoms with Gasteiger partial charge in [0.05, 0.1) is 6.04 Å². The van der Waals surface area contributed by atoms with Gasteiger partial charge in [-0.25, -0.2) is 0 Å². The molecule has 0 aliphatic carbocycles. The van der Waals surface area contributed by atoms with Crippen LogP contribution in [-0.4, -0.2) is 47.9 Å². The minimum atomic E-state index is -0.166. The molecule has 1 aromatic heterocycles. The average Bonchev–Trinajstić information content (AvgIpc) is 3.21. The average molecular weight is 441 g/mol. The van der Waals surface area contributed by atoms with Crippen molar-refractivity contribution in [1.82, 2.24) is 9.80 Å². The monoisotopic (exact) mass is 440 g/mol. The highest BCUT2D eigenvalue weighted by Gasteiger charge is 2.33. The lowest BCUT2D eigenvalue weighted by molar-refractivity contribution is -0.143. The Kier molecular flexibility index (Phi) is 7.55. The fourth-order valence-electron chi connectivity index (χ4n) is 4.01. The first-order valence-electron chi connectivity index (χ1n) is 10.8. The Balaban J connectivity index is 1.79. The van der Waals surface area contributed by atoms with Gasteiger partial charge in [0.25, 0.3) is 0 Å².